The second-order valence-corrected chi connectivity index (χ2v) is 6.73. The summed E-state index contributed by atoms with van der Waals surface area (Å²) in [4.78, 5) is 11.1. The van der Waals surface area contributed by atoms with Gasteiger partial charge in [-0.15, -0.1) is 0 Å². The number of benzene rings is 1. The Kier molecular flexibility index (Phi) is 3.62. The van der Waals surface area contributed by atoms with E-state index in [0.29, 0.717) is 11.1 Å². The second kappa shape index (κ2) is 4.49. The van der Waals surface area contributed by atoms with Gasteiger partial charge in [-0.2, -0.15) is 0 Å². The van der Waals surface area contributed by atoms with Gasteiger partial charge in [0.1, 0.15) is 0 Å². The van der Waals surface area contributed by atoms with E-state index in [-0.39, 0.29) is 10.5 Å². The summed E-state index contributed by atoms with van der Waals surface area (Å²) >= 11 is 0. The number of carbonyl (C=O) groups is 1. The first-order valence-corrected chi connectivity index (χ1v) is 6.81. The number of carboxylic acid groups (broad SMARTS) is 1. The first-order valence-electron chi connectivity index (χ1n) is 5.27. The van der Waals surface area contributed by atoms with Gasteiger partial charge in [0.25, 0.3) is 0 Å². The zero-order valence-corrected chi connectivity index (χ0v) is 11.1. The molecule has 1 N–H and O–H groups in total. The summed E-state index contributed by atoms with van der Waals surface area (Å²) in [6, 6.07) is 2.72. The van der Waals surface area contributed by atoms with E-state index in [4.69, 9.17) is 5.11 Å². The maximum absolute atomic E-state index is 12.0. The van der Waals surface area contributed by atoms with Crippen molar-refractivity contribution in [2.75, 3.05) is 0 Å². The van der Waals surface area contributed by atoms with E-state index in [0.717, 1.165) is 0 Å². The van der Waals surface area contributed by atoms with Crippen LogP contribution < -0.4 is 0 Å². The monoisotopic (exact) mass is 256 g/mol. The van der Waals surface area contributed by atoms with Crippen LogP contribution in [0.3, 0.4) is 0 Å². The van der Waals surface area contributed by atoms with E-state index in [9.17, 15) is 13.2 Å². The topological polar surface area (TPSA) is 71.4 Å². The van der Waals surface area contributed by atoms with Gasteiger partial charge in [-0.3, -0.25) is 0 Å². The lowest BCUT2D eigenvalue weighted by Crippen LogP contribution is -2.16. The lowest BCUT2D eigenvalue weighted by Gasteiger charge is -2.13. The SMILES string of the molecule is Cc1c(C(=O)O)ccc(S(=O)(=O)C(C)C)c1C. The Morgan fingerprint density at radius 2 is 1.71 bits per heavy atom. The van der Waals surface area contributed by atoms with Crippen molar-refractivity contribution in [3.8, 4) is 0 Å². The molecule has 5 heteroatoms. The van der Waals surface area contributed by atoms with Crippen LogP contribution in [0.5, 0.6) is 0 Å². The number of sulfone groups is 1. The highest BCUT2D eigenvalue weighted by molar-refractivity contribution is 7.92. The van der Waals surface area contributed by atoms with Crippen molar-refractivity contribution in [3.63, 3.8) is 0 Å². The molecule has 0 unspecified atom stereocenters. The zero-order chi connectivity index (χ0) is 13.4. The fourth-order valence-corrected chi connectivity index (χ4v) is 2.94. The molecular weight excluding hydrogens is 240 g/mol. The maximum atomic E-state index is 12.0. The molecule has 4 nitrogen and oxygen atoms in total. The fraction of sp³-hybridized carbons (Fsp3) is 0.417. The Morgan fingerprint density at radius 1 is 1.18 bits per heavy atom. The van der Waals surface area contributed by atoms with Gasteiger partial charge >= 0.3 is 5.97 Å². The quantitative estimate of drug-likeness (QED) is 0.899. The summed E-state index contributed by atoms with van der Waals surface area (Å²) in [7, 11) is -3.37. The minimum atomic E-state index is -3.37. The maximum Gasteiger partial charge on any atom is 0.335 e. The molecule has 0 heterocycles. The van der Waals surface area contributed by atoms with Gasteiger partial charge < -0.3 is 5.11 Å². The zero-order valence-electron chi connectivity index (χ0n) is 10.3. The Labute approximate surface area is 101 Å². The van der Waals surface area contributed by atoms with Crippen LogP contribution in [0.2, 0.25) is 0 Å². The molecule has 0 spiro atoms. The molecule has 0 aliphatic rings. The van der Waals surface area contributed by atoms with Crippen molar-refractivity contribution in [2.24, 2.45) is 0 Å². The normalized spacial score (nSPS) is 11.8. The summed E-state index contributed by atoms with van der Waals surface area (Å²) in [5.74, 6) is -1.04. The van der Waals surface area contributed by atoms with Crippen LogP contribution in [-0.4, -0.2) is 24.7 Å². The Morgan fingerprint density at radius 3 is 2.12 bits per heavy atom. The lowest BCUT2D eigenvalue weighted by atomic mass is 10.0. The highest BCUT2D eigenvalue weighted by Crippen LogP contribution is 2.25. The molecule has 0 saturated carbocycles. The van der Waals surface area contributed by atoms with Gasteiger partial charge in [0, 0.05) is 0 Å². The van der Waals surface area contributed by atoms with Crippen molar-refractivity contribution >= 4 is 15.8 Å². The Hall–Kier alpha value is -1.36. The third-order valence-electron chi connectivity index (χ3n) is 2.90. The molecule has 0 atom stereocenters. The van der Waals surface area contributed by atoms with Crippen LogP contribution in [0.25, 0.3) is 0 Å². The van der Waals surface area contributed by atoms with Crippen molar-refractivity contribution in [1.29, 1.82) is 0 Å². The molecule has 0 aliphatic heterocycles. The second-order valence-electron chi connectivity index (χ2n) is 4.26. The summed E-state index contributed by atoms with van der Waals surface area (Å²) in [6.45, 7) is 6.47. The molecule has 17 heavy (non-hydrogen) atoms. The molecule has 0 aromatic heterocycles. The molecule has 1 aromatic carbocycles. The van der Waals surface area contributed by atoms with Gasteiger partial charge in [-0.25, -0.2) is 13.2 Å². The summed E-state index contributed by atoms with van der Waals surface area (Å²) in [5.41, 5.74) is 1.16. The molecule has 0 amide bonds. The van der Waals surface area contributed by atoms with E-state index in [1.807, 2.05) is 0 Å². The third kappa shape index (κ3) is 2.34. The highest BCUT2D eigenvalue weighted by Gasteiger charge is 2.23. The molecule has 0 fully saturated rings. The predicted octanol–water partition coefficient (Wildman–Crippen LogP) is 2.18. The molecule has 94 valence electrons. The van der Waals surface area contributed by atoms with Crippen molar-refractivity contribution < 1.29 is 18.3 Å². The van der Waals surface area contributed by atoms with Crippen molar-refractivity contribution in [1.82, 2.24) is 0 Å². The van der Waals surface area contributed by atoms with Crippen LogP contribution >= 0.6 is 0 Å². The minimum absolute atomic E-state index is 0.144. The van der Waals surface area contributed by atoms with Crippen LogP contribution in [0.4, 0.5) is 0 Å². The number of aromatic carboxylic acids is 1. The van der Waals surface area contributed by atoms with E-state index >= 15 is 0 Å². The van der Waals surface area contributed by atoms with Gasteiger partial charge in [-0.05, 0) is 51.0 Å². The van der Waals surface area contributed by atoms with Gasteiger partial charge in [-0.1, -0.05) is 0 Å². The van der Waals surface area contributed by atoms with E-state index < -0.39 is 21.1 Å². The summed E-state index contributed by atoms with van der Waals surface area (Å²) in [5, 5.41) is 8.43. The highest BCUT2D eigenvalue weighted by atomic mass is 32.2. The lowest BCUT2D eigenvalue weighted by molar-refractivity contribution is 0.0696. The number of hydrogen-bond donors (Lipinski definition) is 1. The van der Waals surface area contributed by atoms with Crippen LogP contribution in [-0.2, 0) is 9.84 Å². The molecule has 0 radical (unpaired) electrons. The average molecular weight is 256 g/mol. The van der Waals surface area contributed by atoms with Crippen LogP contribution in [0.1, 0.15) is 35.3 Å². The Bertz CT molecular complexity index is 556. The number of carboxylic acids is 1. The number of rotatable bonds is 3. The summed E-state index contributed by atoms with van der Waals surface area (Å²) in [6.07, 6.45) is 0. The Balaban J connectivity index is 3.52. The largest absolute Gasteiger partial charge is 0.478 e. The minimum Gasteiger partial charge on any atom is -0.478 e. The smallest absolute Gasteiger partial charge is 0.335 e. The first-order chi connectivity index (χ1) is 7.69. The molecule has 0 bridgehead atoms. The van der Waals surface area contributed by atoms with Crippen molar-refractivity contribution in [2.45, 2.75) is 37.8 Å². The van der Waals surface area contributed by atoms with E-state index in [1.165, 1.54) is 12.1 Å². The molecule has 0 aliphatic carbocycles. The molecule has 1 rings (SSSR count). The first kappa shape index (κ1) is 13.7. The van der Waals surface area contributed by atoms with Crippen LogP contribution in [0, 0.1) is 13.8 Å². The third-order valence-corrected chi connectivity index (χ3v) is 5.19. The molecular formula is C12H16O4S. The fourth-order valence-electron chi connectivity index (χ4n) is 1.59. The van der Waals surface area contributed by atoms with E-state index in [2.05, 4.69) is 0 Å². The van der Waals surface area contributed by atoms with Crippen LogP contribution in [0.15, 0.2) is 17.0 Å². The predicted molar refractivity (Wildman–Crippen MR) is 65.2 cm³/mol. The van der Waals surface area contributed by atoms with Gasteiger partial charge in [0.05, 0.1) is 15.7 Å². The molecule has 1 aromatic rings. The summed E-state index contributed by atoms with van der Waals surface area (Å²) < 4.78 is 24.1. The average Bonchev–Trinajstić information content (AvgIpc) is 2.20. The van der Waals surface area contributed by atoms with Gasteiger partial charge in [0.15, 0.2) is 9.84 Å². The van der Waals surface area contributed by atoms with Gasteiger partial charge in [0.2, 0.25) is 0 Å². The van der Waals surface area contributed by atoms with E-state index in [1.54, 1.807) is 27.7 Å². The standard InChI is InChI=1S/C12H16O4S/c1-7(2)17(15,16)11-6-5-10(12(13)14)8(3)9(11)4/h5-7H,1-4H3,(H,13,14). The van der Waals surface area contributed by atoms with Crippen molar-refractivity contribution in [3.05, 3.63) is 28.8 Å². The number of hydrogen-bond acceptors (Lipinski definition) is 3. The molecule has 0 saturated heterocycles.